The molecule has 56 heavy (non-hydrogen) atoms. The van der Waals surface area contributed by atoms with Crippen molar-refractivity contribution in [3.63, 3.8) is 0 Å². The highest BCUT2D eigenvalue weighted by Crippen LogP contribution is 2.51. The van der Waals surface area contributed by atoms with Crippen molar-refractivity contribution in [2.45, 2.75) is 70.0 Å². The number of allylic oxidation sites excluding steroid dienone is 2. The van der Waals surface area contributed by atoms with Crippen LogP contribution in [0.4, 0.5) is 0 Å². The molecule has 0 bridgehead atoms. The van der Waals surface area contributed by atoms with Gasteiger partial charge in [-0.15, -0.1) is 0 Å². The zero-order valence-corrected chi connectivity index (χ0v) is 33.3. The minimum Gasteiger partial charge on any atom is -0.489 e. The number of aryl methyl sites for hydroxylation is 2. The van der Waals surface area contributed by atoms with Gasteiger partial charge in [-0.25, -0.2) is 0 Å². The second kappa shape index (κ2) is 14.7. The van der Waals surface area contributed by atoms with E-state index >= 15 is 4.79 Å². The Morgan fingerprint density at radius 3 is 1.93 bits per heavy atom. The summed E-state index contributed by atoms with van der Waals surface area (Å²) >= 11 is 0. The molecule has 2 heterocycles. The van der Waals surface area contributed by atoms with Crippen LogP contribution in [0.25, 0.3) is 28.0 Å². The number of hydrogen-bond acceptors (Lipinski definition) is 10. The fourth-order valence-corrected chi connectivity index (χ4v) is 8.16. The molecule has 6 aromatic rings. The molecule has 0 saturated carbocycles. The monoisotopic (exact) mass is 792 g/mol. The average Bonchev–Trinajstić information content (AvgIpc) is 3.14. The summed E-state index contributed by atoms with van der Waals surface area (Å²) in [5, 5.41) is -0.279. The summed E-state index contributed by atoms with van der Waals surface area (Å²) in [6, 6.07) is 24.8. The Bertz CT molecular complexity index is 2830. The molecule has 0 radical (unpaired) electrons. The van der Waals surface area contributed by atoms with Gasteiger partial charge in [-0.1, -0.05) is 77.4 Å². The lowest BCUT2D eigenvalue weighted by atomic mass is 9.97. The second-order valence-corrected chi connectivity index (χ2v) is 17.5. The standard InChI is InChI=1S/C44H40O10S2/c1-27(2)12-21-33-35(50-26-30-10-8-7-9-11-30)22-23-36-37(33)39(45)38-40(53-55(46,47)31-17-13-28(3)14-18-31)34-24-25-44(5,6)52-41(34)43(42(38)51-36)54-56(48,49)32-19-15-29(4)16-20-32/h7-20,22-25H,21,26H2,1-6H3. The van der Waals surface area contributed by atoms with E-state index in [9.17, 15) is 16.8 Å². The van der Waals surface area contributed by atoms with E-state index in [-0.39, 0.29) is 56.1 Å². The van der Waals surface area contributed by atoms with Crippen LogP contribution in [0, 0.1) is 13.8 Å². The number of fused-ring (bicyclic) bond motifs is 3. The van der Waals surface area contributed by atoms with E-state index in [1.807, 2.05) is 64.1 Å². The van der Waals surface area contributed by atoms with Crippen molar-refractivity contribution in [1.82, 2.24) is 0 Å². The van der Waals surface area contributed by atoms with Gasteiger partial charge in [0.15, 0.2) is 17.1 Å². The van der Waals surface area contributed by atoms with Crippen LogP contribution in [0.5, 0.6) is 23.0 Å². The van der Waals surface area contributed by atoms with Gasteiger partial charge in [-0.2, -0.15) is 16.8 Å². The highest BCUT2D eigenvalue weighted by atomic mass is 32.2. The van der Waals surface area contributed by atoms with Crippen molar-refractivity contribution < 1.29 is 39.1 Å². The lowest BCUT2D eigenvalue weighted by molar-refractivity contribution is 0.155. The zero-order chi connectivity index (χ0) is 40.0. The summed E-state index contributed by atoms with van der Waals surface area (Å²) < 4.78 is 86.9. The molecule has 0 N–H and O–H groups in total. The normalized spacial score (nSPS) is 13.5. The van der Waals surface area contributed by atoms with Crippen LogP contribution in [0.1, 0.15) is 55.5 Å². The second-order valence-electron chi connectivity index (χ2n) is 14.5. The van der Waals surface area contributed by atoms with Gasteiger partial charge in [-0.05, 0) is 102 Å². The summed E-state index contributed by atoms with van der Waals surface area (Å²) in [6.45, 7) is 11.1. The number of ether oxygens (including phenoxy) is 2. The summed E-state index contributed by atoms with van der Waals surface area (Å²) in [5.74, 6) is -0.643. The molecule has 10 nitrogen and oxygen atoms in total. The fraction of sp³-hybridized carbons (Fsp3) is 0.205. The molecule has 0 spiro atoms. The third kappa shape index (κ3) is 7.67. The van der Waals surface area contributed by atoms with Crippen LogP contribution < -0.4 is 23.3 Å². The van der Waals surface area contributed by atoms with Crippen molar-refractivity contribution in [2.24, 2.45) is 0 Å². The number of hydrogen-bond donors (Lipinski definition) is 0. The van der Waals surface area contributed by atoms with Crippen molar-refractivity contribution in [3.8, 4) is 23.0 Å². The first kappa shape index (κ1) is 38.4. The van der Waals surface area contributed by atoms with Gasteiger partial charge >= 0.3 is 20.2 Å². The maximum absolute atomic E-state index is 15.2. The molecule has 0 fully saturated rings. The Kier molecular flexibility index (Phi) is 10.1. The molecular weight excluding hydrogens is 753 g/mol. The third-order valence-electron chi connectivity index (χ3n) is 9.23. The van der Waals surface area contributed by atoms with E-state index in [2.05, 4.69) is 0 Å². The quantitative estimate of drug-likeness (QED) is 0.0709. The van der Waals surface area contributed by atoms with Crippen LogP contribution in [-0.4, -0.2) is 22.4 Å². The molecule has 0 aliphatic carbocycles. The maximum Gasteiger partial charge on any atom is 0.339 e. The predicted molar refractivity (Wildman–Crippen MR) is 216 cm³/mol. The Morgan fingerprint density at radius 2 is 1.34 bits per heavy atom. The van der Waals surface area contributed by atoms with Gasteiger partial charge in [-0.3, -0.25) is 4.79 Å². The van der Waals surface area contributed by atoms with E-state index in [0.717, 1.165) is 22.3 Å². The third-order valence-corrected chi connectivity index (χ3v) is 11.7. The molecule has 7 rings (SSSR count). The van der Waals surface area contributed by atoms with E-state index in [0.29, 0.717) is 11.3 Å². The van der Waals surface area contributed by atoms with Crippen LogP contribution in [0.3, 0.4) is 0 Å². The molecule has 1 aliphatic heterocycles. The molecular formula is C44H40O10S2. The minimum absolute atomic E-state index is 0.0319. The molecule has 0 saturated heterocycles. The SMILES string of the molecule is CC(C)=CCc1c(OCc2ccccc2)ccc2oc3c(OS(=O)(=O)c4ccc(C)cc4)c4c(c(OS(=O)(=O)c5ccc(C)cc5)c3c(=O)c12)C=CC(C)(C)O4. The van der Waals surface area contributed by atoms with Gasteiger partial charge < -0.3 is 22.3 Å². The van der Waals surface area contributed by atoms with Gasteiger partial charge in [0.05, 0.1) is 10.9 Å². The van der Waals surface area contributed by atoms with Gasteiger partial charge in [0, 0.05) is 5.56 Å². The predicted octanol–water partition coefficient (Wildman–Crippen LogP) is 9.37. The minimum atomic E-state index is -4.59. The van der Waals surface area contributed by atoms with E-state index in [1.54, 1.807) is 56.3 Å². The summed E-state index contributed by atoms with van der Waals surface area (Å²) in [4.78, 5) is 14.9. The molecule has 0 unspecified atom stereocenters. The Morgan fingerprint density at radius 1 is 0.750 bits per heavy atom. The maximum atomic E-state index is 15.2. The fourth-order valence-electron chi connectivity index (χ4n) is 6.26. The topological polar surface area (TPSA) is 135 Å². The van der Waals surface area contributed by atoms with Crippen LogP contribution in [-0.2, 0) is 33.3 Å². The average molecular weight is 793 g/mol. The first-order valence-corrected chi connectivity index (χ1v) is 20.7. The summed E-state index contributed by atoms with van der Waals surface area (Å²) in [6.07, 6.45) is 5.35. The Balaban J connectivity index is 1.56. The van der Waals surface area contributed by atoms with E-state index < -0.39 is 42.8 Å². The van der Waals surface area contributed by atoms with Crippen molar-refractivity contribution in [2.75, 3.05) is 0 Å². The Hall–Kier alpha value is -5.85. The van der Waals surface area contributed by atoms with Crippen molar-refractivity contribution >= 4 is 48.3 Å². The molecule has 0 atom stereocenters. The van der Waals surface area contributed by atoms with Gasteiger partial charge in [0.25, 0.3) is 0 Å². The van der Waals surface area contributed by atoms with Crippen LogP contribution in [0.15, 0.2) is 128 Å². The first-order chi connectivity index (χ1) is 26.5. The van der Waals surface area contributed by atoms with E-state index in [1.165, 1.54) is 30.3 Å². The van der Waals surface area contributed by atoms with Gasteiger partial charge in [0.1, 0.15) is 38.7 Å². The summed E-state index contributed by atoms with van der Waals surface area (Å²) in [7, 11) is -9.16. The molecule has 12 heteroatoms. The summed E-state index contributed by atoms with van der Waals surface area (Å²) in [5.41, 5.74) is 1.93. The van der Waals surface area contributed by atoms with Crippen molar-refractivity contribution in [3.05, 3.63) is 147 Å². The molecule has 5 aromatic carbocycles. The van der Waals surface area contributed by atoms with Crippen LogP contribution in [0.2, 0.25) is 0 Å². The largest absolute Gasteiger partial charge is 0.489 e. The van der Waals surface area contributed by atoms with Crippen molar-refractivity contribution in [1.29, 1.82) is 0 Å². The molecule has 1 aromatic heterocycles. The highest BCUT2D eigenvalue weighted by Gasteiger charge is 2.37. The van der Waals surface area contributed by atoms with E-state index in [4.69, 9.17) is 22.3 Å². The molecule has 288 valence electrons. The first-order valence-electron chi connectivity index (χ1n) is 17.9. The number of benzene rings is 5. The lowest BCUT2D eigenvalue weighted by Gasteiger charge is -2.30. The smallest absolute Gasteiger partial charge is 0.339 e. The lowest BCUT2D eigenvalue weighted by Crippen LogP contribution is -2.29. The van der Waals surface area contributed by atoms with Gasteiger partial charge in [0.2, 0.25) is 11.2 Å². The van der Waals surface area contributed by atoms with Crippen LogP contribution >= 0.6 is 0 Å². The number of rotatable bonds is 11. The highest BCUT2D eigenvalue weighted by molar-refractivity contribution is 7.87. The zero-order valence-electron chi connectivity index (χ0n) is 31.7. The molecule has 1 aliphatic rings. The molecule has 0 amide bonds. The Labute approximate surface area is 325 Å².